The molecule has 1 saturated carbocycles. The first-order chi connectivity index (χ1) is 11.0. The number of amides is 1. The van der Waals surface area contributed by atoms with Crippen LogP contribution in [0, 0.1) is 12.8 Å². The van der Waals surface area contributed by atoms with Crippen LogP contribution in [0.15, 0.2) is 32.8 Å². The van der Waals surface area contributed by atoms with Crippen molar-refractivity contribution in [1.82, 2.24) is 4.98 Å². The fraction of sp³-hybridized carbons (Fsp3) is 0.375. The van der Waals surface area contributed by atoms with E-state index in [9.17, 15) is 4.79 Å². The topological polar surface area (TPSA) is 68.0 Å². The molecule has 4 nitrogen and oxygen atoms in total. The summed E-state index contributed by atoms with van der Waals surface area (Å²) in [6.07, 6.45) is 2.54. The van der Waals surface area contributed by atoms with Gasteiger partial charge in [-0.15, -0.1) is 11.3 Å². The van der Waals surface area contributed by atoms with Crippen LogP contribution in [0.3, 0.4) is 0 Å². The molecular weight excluding hydrogens is 350 g/mol. The Hall–Kier alpha value is -1.08. The van der Waals surface area contributed by atoms with Crippen molar-refractivity contribution < 1.29 is 4.79 Å². The van der Waals surface area contributed by atoms with Crippen molar-refractivity contribution in [3.8, 4) is 0 Å². The Balaban J connectivity index is 1.65. The lowest BCUT2D eigenvalue weighted by molar-refractivity contribution is -0.119. The van der Waals surface area contributed by atoms with Gasteiger partial charge in [-0.05, 0) is 44.4 Å². The van der Waals surface area contributed by atoms with Crippen molar-refractivity contribution in [2.24, 2.45) is 11.7 Å². The average molecular weight is 368 g/mol. The maximum atomic E-state index is 12.2. The Labute approximate surface area is 148 Å². The van der Waals surface area contributed by atoms with E-state index < -0.39 is 0 Å². The monoisotopic (exact) mass is 367 g/mol. The molecule has 1 aromatic heterocycles. The van der Waals surface area contributed by atoms with Gasteiger partial charge in [-0.3, -0.25) is 4.79 Å². The first kappa shape index (κ1) is 16.8. The number of aryl methyl sites for hydroxylation is 1. The first-order valence-corrected chi connectivity index (χ1v) is 9.54. The van der Waals surface area contributed by atoms with Gasteiger partial charge in [-0.1, -0.05) is 23.4 Å². The third-order valence-electron chi connectivity index (χ3n) is 3.84. The molecule has 1 heterocycles. The molecule has 0 bridgehead atoms. The highest BCUT2D eigenvalue weighted by molar-refractivity contribution is 8.01. The molecule has 122 valence electrons. The van der Waals surface area contributed by atoms with Gasteiger partial charge in [0.05, 0.1) is 5.02 Å². The number of carbonyl (C=O) groups excluding carboxylic acids is 1. The van der Waals surface area contributed by atoms with Crippen molar-refractivity contribution in [2.75, 3.05) is 5.32 Å². The summed E-state index contributed by atoms with van der Waals surface area (Å²) in [7, 11) is 0. The molecule has 0 radical (unpaired) electrons. The van der Waals surface area contributed by atoms with Crippen LogP contribution < -0.4 is 11.1 Å². The quantitative estimate of drug-likeness (QED) is 0.844. The second-order valence-corrected chi connectivity index (χ2v) is 8.32. The molecule has 2 atom stereocenters. The van der Waals surface area contributed by atoms with Gasteiger partial charge in [0, 0.05) is 33.6 Å². The normalized spacial score (nSPS) is 20.7. The lowest BCUT2D eigenvalue weighted by Crippen LogP contribution is -2.23. The van der Waals surface area contributed by atoms with Gasteiger partial charge < -0.3 is 11.1 Å². The van der Waals surface area contributed by atoms with Crippen LogP contribution in [0.1, 0.15) is 25.0 Å². The molecule has 2 unspecified atom stereocenters. The second-order valence-electron chi connectivity index (χ2n) is 5.76. The molecule has 1 aliphatic rings. The van der Waals surface area contributed by atoms with E-state index in [-0.39, 0.29) is 17.9 Å². The molecule has 1 aliphatic carbocycles. The first-order valence-electron chi connectivity index (χ1n) is 7.47. The lowest BCUT2D eigenvalue weighted by Gasteiger charge is -2.12. The molecule has 7 heteroatoms. The van der Waals surface area contributed by atoms with Crippen molar-refractivity contribution in [2.45, 2.75) is 41.5 Å². The highest BCUT2D eigenvalue weighted by atomic mass is 35.5. The van der Waals surface area contributed by atoms with Gasteiger partial charge >= 0.3 is 0 Å². The molecule has 3 rings (SSSR count). The van der Waals surface area contributed by atoms with Crippen LogP contribution in [-0.4, -0.2) is 16.9 Å². The Morgan fingerprint density at radius 3 is 2.91 bits per heavy atom. The largest absolute Gasteiger partial charge is 0.328 e. The predicted molar refractivity (Wildman–Crippen MR) is 96.4 cm³/mol. The number of nitrogens with one attached hydrogen (secondary N) is 1. The van der Waals surface area contributed by atoms with Gasteiger partial charge in [0.2, 0.25) is 5.91 Å². The van der Waals surface area contributed by atoms with E-state index in [0.29, 0.717) is 5.02 Å². The minimum atomic E-state index is 0.0103. The van der Waals surface area contributed by atoms with Crippen molar-refractivity contribution >= 4 is 46.3 Å². The number of rotatable bonds is 4. The molecule has 2 aromatic rings. The molecular formula is C16H18ClN3OS2. The van der Waals surface area contributed by atoms with Crippen LogP contribution in [0.5, 0.6) is 0 Å². The van der Waals surface area contributed by atoms with E-state index in [0.717, 1.165) is 39.9 Å². The summed E-state index contributed by atoms with van der Waals surface area (Å²) >= 11 is 9.47. The number of aromatic nitrogens is 1. The van der Waals surface area contributed by atoms with Crippen LogP contribution in [0.25, 0.3) is 0 Å². The molecule has 23 heavy (non-hydrogen) atoms. The number of hydrogen-bond donors (Lipinski definition) is 2. The zero-order chi connectivity index (χ0) is 16.4. The second kappa shape index (κ2) is 7.21. The molecule has 3 N–H and O–H groups in total. The minimum absolute atomic E-state index is 0.0103. The standard InChI is InChI=1S/C16H18ClN3OS2/c1-9-8-22-16(19-9)23-14-5-4-12(7-13(14)17)20-15(21)10-2-3-11(18)6-10/h4-5,7-8,10-11H,2-3,6,18H2,1H3,(H,20,21). The van der Waals surface area contributed by atoms with Gasteiger partial charge in [0.1, 0.15) is 0 Å². The zero-order valence-electron chi connectivity index (χ0n) is 12.7. The van der Waals surface area contributed by atoms with Crippen molar-refractivity contribution in [1.29, 1.82) is 0 Å². The van der Waals surface area contributed by atoms with Crippen LogP contribution in [-0.2, 0) is 4.79 Å². The number of hydrogen-bond acceptors (Lipinski definition) is 5. The summed E-state index contributed by atoms with van der Waals surface area (Å²) in [4.78, 5) is 17.6. The van der Waals surface area contributed by atoms with E-state index in [1.54, 1.807) is 17.4 Å². The summed E-state index contributed by atoms with van der Waals surface area (Å²) in [6.45, 7) is 1.97. The fourth-order valence-corrected chi connectivity index (χ4v) is 4.73. The molecule has 1 amide bonds. The van der Waals surface area contributed by atoms with Crippen LogP contribution in [0.2, 0.25) is 5.02 Å². The van der Waals surface area contributed by atoms with Crippen molar-refractivity contribution in [3.05, 3.63) is 34.3 Å². The average Bonchev–Trinajstić information content (AvgIpc) is 3.11. The van der Waals surface area contributed by atoms with Gasteiger partial charge in [0.15, 0.2) is 4.34 Å². The van der Waals surface area contributed by atoms with Crippen molar-refractivity contribution in [3.63, 3.8) is 0 Å². The number of nitrogens with two attached hydrogens (primary N) is 1. The van der Waals surface area contributed by atoms with Crippen LogP contribution in [0.4, 0.5) is 5.69 Å². The number of benzene rings is 1. The van der Waals surface area contributed by atoms with E-state index in [1.165, 1.54) is 11.8 Å². The maximum Gasteiger partial charge on any atom is 0.227 e. The number of thiazole rings is 1. The third-order valence-corrected chi connectivity index (χ3v) is 6.40. The number of anilines is 1. The number of nitrogens with zero attached hydrogens (tertiary/aromatic N) is 1. The SMILES string of the molecule is Cc1csc(Sc2ccc(NC(=O)C3CCC(N)C3)cc2Cl)n1. The molecule has 1 aromatic carbocycles. The third kappa shape index (κ3) is 4.26. The fourth-order valence-electron chi connectivity index (χ4n) is 2.63. The zero-order valence-corrected chi connectivity index (χ0v) is 15.1. The Kier molecular flexibility index (Phi) is 5.26. The number of halogens is 1. The summed E-state index contributed by atoms with van der Waals surface area (Å²) in [6, 6.07) is 5.73. The highest BCUT2D eigenvalue weighted by Crippen LogP contribution is 2.36. The van der Waals surface area contributed by atoms with E-state index >= 15 is 0 Å². The molecule has 1 fully saturated rings. The Bertz CT molecular complexity index is 719. The van der Waals surface area contributed by atoms with Crippen LogP contribution >= 0.6 is 34.7 Å². The van der Waals surface area contributed by atoms with Gasteiger partial charge in [0.25, 0.3) is 0 Å². The summed E-state index contributed by atoms with van der Waals surface area (Å²) in [5, 5.41) is 5.56. The lowest BCUT2D eigenvalue weighted by atomic mass is 10.1. The highest BCUT2D eigenvalue weighted by Gasteiger charge is 2.27. The smallest absolute Gasteiger partial charge is 0.227 e. The van der Waals surface area contributed by atoms with Gasteiger partial charge in [-0.2, -0.15) is 0 Å². The predicted octanol–water partition coefficient (Wildman–Crippen LogP) is 4.32. The summed E-state index contributed by atoms with van der Waals surface area (Å²) in [5.41, 5.74) is 7.60. The summed E-state index contributed by atoms with van der Waals surface area (Å²) in [5.74, 6) is 0.0427. The Morgan fingerprint density at radius 1 is 1.48 bits per heavy atom. The van der Waals surface area contributed by atoms with E-state index in [1.807, 2.05) is 24.4 Å². The molecule has 0 saturated heterocycles. The maximum absolute atomic E-state index is 12.2. The minimum Gasteiger partial charge on any atom is -0.328 e. The van der Waals surface area contributed by atoms with E-state index in [4.69, 9.17) is 17.3 Å². The molecule has 0 aliphatic heterocycles. The van der Waals surface area contributed by atoms with Gasteiger partial charge in [-0.25, -0.2) is 4.98 Å². The molecule has 0 spiro atoms. The van der Waals surface area contributed by atoms with E-state index in [2.05, 4.69) is 10.3 Å². The summed E-state index contributed by atoms with van der Waals surface area (Å²) < 4.78 is 0.959. The Morgan fingerprint density at radius 2 is 2.30 bits per heavy atom. The number of carbonyl (C=O) groups is 1.